The van der Waals surface area contributed by atoms with E-state index in [2.05, 4.69) is 10.6 Å². The minimum atomic E-state index is -0.489. The highest BCUT2D eigenvalue weighted by atomic mass is 16.5. The van der Waals surface area contributed by atoms with Crippen LogP contribution < -0.4 is 10.6 Å². The number of anilines is 1. The fourth-order valence-corrected chi connectivity index (χ4v) is 3.65. The van der Waals surface area contributed by atoms with Gasteiger partial charge in [-0.05, 0) is 37.8 Å². The average Bonchev–Trinajstić information content (AvgIpc) is 2.70. The van der Waals surface area contributed by atoms with Crippen molar-refractivity contribution in [2.45, 2.75) is 50.4 Å². The Morgan fingerprint density at radius 3 is 2.52 bits per heavy atom. The predicted molar refractivity (Wildman–Crippen MR) is 100 cm³/mol. The third-order valence-electron chi connectivity index (χ3n) is 5.19. The van der Waals surface area contributed by atoms with Crippen LogP contribution in [-0.4, -0.2) is 55.0 Å². The molecule has 3 rings (SSSR count). The minimum absolute atomic E-state index is 0.00520. The van der Waals surface area contributed by atoms with Gasteiger partial charge >= 0.3 is 0 Å². The lowest BCUT2D eigenvalue weighted by molar-refractivity contribution is -0.137. The zero-order valence-corrected chi connectivity index (χ0v) is 15.4. The lowest BCUT2D eigenvalue weighted by Gasteiger charge is -2.37. The number of hydrogen-bond acceptors (Lipinski definition) is 5. The molecule has 0 aliphatic carbocycles. The molecule has 2 aliphatic rings. The number of nitrogens with one attached hydrogen (secondary N) is 2. The van der Waals surface area contributed by atoms with Gasteiger partial charge in [-0.15, -0.1) is 0 Å². The van der Waals surface area contributed by atoms with Crippen LogP contribution in [0.2, 0.25) is 0 Å². The number of amides is 2. The monoisotopic (exact) mass is 376 g/mol. The van der Waals surface area contributed by atoms with Crippen molar-refractivity contribution >= 4 is 17.5 Å². The first-order valence-corrected chi connectivity index (χ1v) is 9.65. The van der Waals surface area contributed by atoms with Crippen LogP contribution in [0.5, 0.6) is 0 Å². The lowest BCUT2D eigenvalue weighted by Crippen LogP contribution is -2.52. The van der Waals surface area contributed by atoms with Gasteiger partial charge in [-0.1, -0.05) is 18.2 Å². The summed E-state index contributed by atoms with van der Waals surface area (Å²) >= 11 is 0. The van der Waals surface area contributed by atoms with Crippen molar-refractivity contribution < 1.29 is 24.2 Å². The second-order valence-electron chi connectivity index (χ2n) is 7.18. The number of rotatable bonds is 6. The number of aliphatic hydroxyl groups is 1. The summed E-state index contributed by atoms with van der Waals surface area (Å²) in [5.41, 5.74) is 0.749. The first-order valence-electron chi connectivity index (χ1n) is 9.65. The maximum atomic E-state index is 12.4. The second-order valence-corrected chi connectivity index (χ2v) is 7.18. The summed E-state index contributed by atoms with van der Waals surface area (Å²) in [4.78, 5) is 24.6. The SMILES string of the molecule is O=C(C[C@@H]1CC[C@H](NC(=O)C2CCOCC2)[C@@H](CO)O1)Nc1ccccc1. The van der Waals surface area contributed by atoms with E-state index < -0.39 is 6.10 Å². The van der Waals surface area contributed by atoms with Gasteiger partial charge in [0.1, 0.15) is 6.10 Å². The van der Waals surface area contributed by atoms with Gasteiger partial charge in [-0.25, -0.2) is 0 Å². The quantitative estimate of drug-likeness (QED) is 0.699. The van der Waals surface area contributed by atoms with Crippen LogP contribution in [0.1, 0.15) is 32.1 Å². The van der Waals surface area contributed by atoms with Gasteiger partial charge in [-0.3, -0.25) is 9.59 Å². The fraction of sp³-hybridized carbons (Fsp3) is 0.600. The highest BCUT2D eigenvalue weighted by Gasteiger charge is 2.34. The first kappa shape index (κ1) is 19.8. The summed E-state index contributed by atoms with van der Waals surface area (Å²) in [5, 5.41) is 15.5. The molecule has 0 radical (unpaired) electrons. The molecule has 148 valence electrons. The average molecular weight is 376 g/mol. The second kappa shape index (κ2) is 9.82. The van der Waals surface area contributed by atoms with Gasteiger partial charge in [-0.2, -0.15) is 0 Å². The van der Waals surface area contributed by atoms with Crippen LogP contribution in [-0.2, 0) is 19.1 Å². The molecule has 1 aromatic rings. The van der Waals surface area contributed by atoms with Gasteiger partial charge in [0.25, 0.3) is 0 Å². The van der Waals surface area contributed by atoms with E-state index in [1.807, 2.05) is 30.3 Å². The van der Waals surface area contributed by atoms with Crippen molar-refractivity contribution in [2.75, 3.05) is 25.1 Å². The van der Waals surface area contributed by atoms with Crippen molar-refractivity contribution in [1.82, 2.24) is 5.32 Å². The summed E-state index contributed by atoms with van der Waals surface area (Å²) in [5.74, 6) is -0.148. The third kappa shape index (κ3) is 5.76. The fourth-order valence-electron chi connectivity index (χ4n) is 3.65. The van der Waals surface area contributed by atoms with Crippen LogP contribution in [0.4, 0.5) is 5.69 Å². The molecule has 27 heavy (non-hydrogen) atoms. The normalized spacial score (nSPS) is 26.3. The molecule has 2 fully saturated rings. The van der Waals surface area contributed by atoms with E-state index in [0.717, 1.165) is 18.5 Å². The molecule has 2 saturated heterocycles. The van der Waals surface area contributed by atoms with E-state index >= 15 is 0 Å². The zero-order valence-electron chi connectivity index (χ0n) is 15.4. The molecule has 3 atom stereocenters. The van der Waals surface area contributed by atoms with Crippen LogP contribution in [0.3, 0.4) is 0 Å². The number of hydrogen-bond donors (Lipinski definition) is 3. The number of ether oxygens (including phenoxy) is 2. The van der Waals surface area contributed by atoms with Crippen molar-refractivity contribution in [2.24, 2.45) is 5.92 Å². The smallest absolute Gasteiger partial charge is 0.226 e. The Morgan fingerprint density at radius 2 is 1.81 bits per heavy atom. The summed E-state index contributed by atoms with van der Waals surface area (Å²) < 4.78 is 11.2. The molecule has 0 bridgehead atoms. The van der Waals surface area contributed by atoms with Crippen molar-refractivity contribution in [3.63, 3.8) is 0 Å². The Morgan fingerprint density at radius 1 is 1.07 bits per heavy atom. The standard InChI is InChI=1S/C20H28N2O5/c23-13-18-17(22-20(25)14-8-10-26-11-9-14)7-6-16(27-18)12-19(24)21-15-4-2-1-3-5-15/h1-5,14,16-18,23H,6-13H2,(H,21,24)(H,22,25)/t16-,17-,18+/m0/s1. The molecular formula is C20H28N2O5. The molecule has 0 spiro atoms. The van der Waals surface area contributed by atoms with E-state index in [0.29, 0.717) is 26.1 Å². The Labute approximate surface area is 159 Å². The Bertz CT molecular complexity index is 618. The molecule has 3 N–H and O–H groups in total. The van der Waals surface area contributed by atoms with E-state index in [9.17, 15) is 14.7 Å². The highest BCUT2D eigenvalue weighted by molar-refractivity contribution is 5.91. The highest BCUT2D eigenvalue weighted by Crippen LogP contribution is 2.24. The Kier molecular flexibility index (Phi) is 7.20. The van der Waals surface area contributed by atoms with Crippen LogP contribution in [0.25, 0.3) is 0 Å². The maximum Gasteiger partial charge on any atom is 0.226 e. The van der Waals surface area contributed by atoms with E-state index in [1.165, 1.54) is 0 Å². The van der Waals surface area contributed by atoms with Gasteiger partial charge in [0.05, 0.1) is 25.2 Å². The van der Waals surface area contributed by atoms with Crippen molar-refractivity contribution in [3.8, 4) is 0 Å². The third-order valence-corrected chi connectivity index (χ3v) is 5.19. The number of carbonyl (C=O) groups is 2. The molecule has 7 nitrogen and oxygen atoms in total. The van der Waals surface area contributed by atoms with Crippen LogP contribution >= 0.6 is 0 Å². The lowest BCUT2D eigenvalue weighted by atomic mass is 9.94. The van der Waals surface area contributed by atoms with Crippen LogP contribution in [0.15, 0.2) is 30.3 Å². The Hall–Kier alpha value is -1.96. The molecule has 7 heteroatoms. The summed E-state index contributed by atoms with van der Waals surface area (Å²) in [6, 6.07) is 9.05. The first-order chi connectivity index (χ1) is 13.2. The van der Waals surface area contributed by atoms with Gasteiger partial charge in [0.2, 0.25) is 11.8 Å². The number of aliphatic hydroxyl groups excluding tert-OH is 1. The Balaban J connectivity index is 1.47. The van der Waals surface area contributed by atoms with E-state index in [-0.39, 0.29) is 42.9 Å². The van der Waals surface area contributed by atoms with Gasteiger partial charge in [0, 0.05) is 24.8 Å². The van der Waals surface area contributed by atoms with Gasteiger partial charge < -0.3 is 25.2 Å². The molecule has 0 unspecified atom stereocenters. The van der Waals surface area contributed by atoms with E-state index in [4.69, 9.17) is 9.47 Å². The van der Waals surface area contributed by atoms with Crippen LogP contribution in [0, 0.1) is 5.92 Å². The molecule has 0 aromatic heterocycles. The molecule has 1 aromatic carbocycles. The van der Waals surface area contributed by atoms with Crippen molar-refractivity contribution in [1.29, 1.82) is 0 Å². The largest absolute Gasteiger partial charge is 0.394 e. The van der Waals surface area contributed by atoms with E-state index in [1.54, 1.807) is 0 Å². The molecule has 0 saturated carbocycles. The topological polar surface area (TPSA) is 96.9 Å². The molecule has 2 amide bonds. The van der Waals surface area contributed by atoms with Gasteiger partial charge in [0.15, 0.2) is 0 Å². The molecule has 2 heterocycles. The number of benzene rings is 1. The predicted octanol–water partition coefficient (Wildman–Crippen LogP) is 1.47. The number of para-hydroxylation sites is 1. The summed E-state index contributed by atoms with van der Waals surface area (Å²) in [6.45, 7) is 1.04. The summed E-state index contributed by atoms with van der Waals surface area (Å²) in [6.07, 6.45) is 2.28. The molecular weight excluding hydrogens is 348 g/mol. The maximum absolute atomic E-state index is 12.4. The van der Waals surface area contributed by atoms with Crippen molar-refractivity contribution in [3.05, 3.63) is 30.3 Å². The zero-order chi connectivity index (χ0) is 19.1. The molecule has 2 aliphatic heterocycles. The number of carbonyl (C=O) groups excluding carboxylic acids is 2. The minimum Gasteiger partial charge on any atom is -0.394 e. The summed E-state index contributed by atoms with van der Waals surface area (Å²) in [7, 11) is 0.